The van der Waals surface area contributed by atoms with Crippen LogP contribution in [0.3, 0.4) is 0 Å². The molecule has 0 unspecified atom stereocenters. The van der Waals surface area contributed by atoms with Gasteiger partial charge in [-0.25, -0.2) is 8.78 Å². The molecule has 0 heterocycles. The largest absolute Gasteiger partial charge is 0.206 e. The summed E-state index contributed by atoms with van der Waals surface area (Å²) in [6.07, 6.45) is 5.75. The van der Waals surface area contributed by atoms with Gasteiger partial charge in [-0.2, -0.15) is 0 Å². The predicted molar refractivity (Wildman–Crippen MR) is 85.9 cm³/mol. The van der Waals surface area contributed by atoms with Crippen LogP contribution >= 0.6 is 7.92 Å². The van der Waals surface area contributed by atoms with Gasteiger partial charge < -0.3 is 0 Å². The van der Waals surface area contributed by atoms with Gasteiger partial charge in [0.1, 0.15) is 11.6 Å². The minimum absolute atomic E-state index is 0.197. The minimum Gasteiger partial charge on any atom is -0.206 e. The minimum atomic E-state index is -0.961. The number of rotatable bonds is 3. The molecule has 0 N–H and O–H groups in total. The van der Waals surface area contributed by atoms with Crippen LogP contribution in [0.15, 0.2) is 48.5 Å². The Bertz CT molecular complexity index is 560. The zero-order valence-corrected chi connectivity index (χ0v) is 12.8. The molecule has 1 saturated carbocycles. The molecule has 3 rings (SSSR count). The molecule has 1 fully saturated rings. The Hall–Kier alpha value is -1.27. The van der Waals surface area contributed by atoms with E-state index in [4.69, 9.17) is 0 Å². The van der Waals surface area contributed by atoms with Crippen molar-refractivity contribution in [3.8, 4) is 0 Å². The van der Waals surface area contributed by atoms with Gasteiger partial charge in [-0.3, -0.25) is 0 Å². The van der Waals surface area contributed by atoms with E-state index in [0.717, 1.165) is 12.8 Å². The van der Waals surface area contributed by atoms with Crippen LogP contribution in [0.25, 0.3) is 0 Å². The third-order valence-electron chi connectivity index (χ3n) is 4.16. The summed E-state index contributed by atoms with van der Waals surface area (Å²) in [6.45, 7) is 0. The molecule has 21 heavy (non-hydrogen) atoms. The molecule has 0 amide bonds. The number of hydrogen-bond acceptors (Lipinski definition) is 0. The van der Waals surface area contributed by atoms with Gasteiger partial charge in [-0.15, -0.1) is 0 Å². The van der Waals surface area contributed by atoms with Crippen LogP contribution in [0.4, 0.5) is 8.78 Å². The third-order valence-corrected chi connectivity index (χ3v) is 7.17. The van der Waals surface area contributed by atoms with Gasteiger partial charge >= 0.3 is 0 Å². The number of hydrogen-bond donors (Lipinski definition) is 0. The molecular formula is C18H19F2P. The fourth-order valence-corrected chi connectivity index (χ4v) is 6.19. The molecule has 0 saturated heterocycles. The third kappa shape index (κ3) is 3.16. The zero-order valence-electron chi connectivity index (χ0n) is 11.9. The highest BCUT2D eigenvalue weighted by atomic mass is 31.1. The van der Waals surface area contributed by atoms with Crippen LogP contribution in [-0.2, 0) is 0 Å². The second-order valence-corrected chi connectivity index (χ2v) is 8.00. The Morgan fingerprint density at radius 2 is 1.19 bits per heavy atom. The Balaban J connectivity index is 2.07. The van der Waals surface area contributed by atoms with Crippen LogP contribution < -0.4 is 10.6 Å². The fourth-order valence-electron chi connectivity index (χ4n) is 3.16. The molecule has 3 heteroatoms. The second kappa shape index (κ2) is 6.66. The van der Waals surface area contributed by atoms with Crippen molar-refractivity contribution < 1.29 is 8.78 Å². The standard InChI is InChI=1S/C18H19F2P/c19-15-10-4-6-12-17(15)21(14-8-2-1-3-9-14)18-13-7-5-11-16(18)20/h4-7,10-14H,1-3,8-9H2. The highest BCUT2D eigenvalue weighted by Crippen LogP contribution is 2.47. The first-order valence-corrected chi connectivity index (χ1v) is 8.97. The molecule has 0 bridgehead atoms. The molecule has 0 spiro atoms. The highest BCUT2D eigenvalue weighted by molar-refractivity contribution is 7.73. The molecule has 1 aliphatic rings. The summed E-state index contributed by atoms with van der Waals surface area (Å²) in [7, 11) is -0.961. The maximum absolute atomic E-state index is 14.3. The number of benzene rings is 2. The van der Waals surface area contributed by atoms with Gasteiger partial charge in [0.05, 0.1) is 0 Å². The van der Waals surface area contributed by atoms with E-state index in [1.54, 1.807) is 12.1 Å². The molecule has 0 aromatic heterocycles. The molecular weight excluding hydrogens is 285 g/mol. The van der Waals surface area contributed by atoms with E-state index in [2.05, 4.69) is 0 Å². The van der Waals surface area contributed by atoms with Crippen molar-refractivity contribution in [2.45, 2.75) is 37.8 Å². The SMILES string of the molecule is Fc1ccccc1P(c1ccccc1F)C1CCCCC1. The maximum atomic E-state index is 14.3. The van der Waals surface area contributed by atoms with Crippen molar-refractivity contribution in [2.24, 2.45) is 0 Å². The van der Waals surface area contributed by atoms with Crippen molar-refractivity contribution >= 4 is 18.5 Å². The van der Waals surface area contributed by atoms with E-state index in [0.29, 0.717) is 16.3 Å². The van der Waals surface area contributed by atoms with Gasteiger partial charge in [0.2, 0.25) is 0 Å². The monoisotopic (exact) mass is 304 g/mol. The second-order valence-electron chi connectivity index (χ2n) is 5.56. The van der Waals surface area contributed by atoms with Gasteiger partial charge in [0.15, 0.2) is 0 Å². The summed E-state index contributed by atoms with van der Waals surface area (Å²) in [6, 6.07) is 13.8. The lowest BCUT2D eigenvalue weighted by atomic mass is 10.0. The summed E-state index contributed by atoms with van der Waals surface area (Å²) >= 11 is 0. The lowest BCUT2D eigenvalue weighted by Crippen LogP contribution is -2.27. The highest BCUT2D eigenvalue weighted by Gasteiger charge is 2.29. The number of halogens is 2. The van der Waals surface area contributed by atoms with Crippen LogP contribution in [0.2, 0.25) is 0 Å². The van der Waals surface area contributed by atoms with Crippen molar-refractivity contribution in [3.63, 3.8) is 0 Å². The lowest BCUT2D eigenvalue weighted by Gasteiger charge is -2.31. The van der Waals surface area contributed by atoms with Crippen molar-refractivity contribution in [1.29, 1.82) is 0 Å². The van der Waals surface area contributed by atoms with Crippen LogP contribution in [-0.4, -0.2) is 5.66 Å². The summed E-state index contributed by atoms with van der Waals surface area (Å²) in [4.78, 5) is 0. The zero-order chi connectivity index (χ0) is 14.7. The Morgan fingerprint density at radius 1 is 0.714 bits per heavy atom. The Morgan fingerprint density at radius 3 is 1.67 bits per heavy atom. The van der Waals surface area contributed by atoms with Gasteiger partial charge in [0, 0.05) is 10.6 Å². The average molecular weight is 304 g/mol. The van der Waals surface area contributed by atoms with E-state index in [1.165, 1.54) is 31.4 Å². The Labute approximate surface area is 126 Å². The predicted octanol–water partition coefficient (Wildman–Crippen LogP) is 4.73. The molecule has 0 aliphatic heterocycles. The molecule has 2 aromatic carbocycles. The topological polar surface area (TPSA) is 0 Å². The Kier molecular flexibility index (Phi) is 4.65. The van der Waals surface area contributed by atoms with E-state index in [1.807, 2.05) is 24.3 Å². The van der Waals surface area contributed by atoms with Crippen LogP contribution in [0.1, 0.15) is 32.1 Å². The molecule has 110 valence electrons. The van der Waals surface area contributed by atoms with E-state index in [9.17, 15) is 8.78 Å². The van der Waals surface area contributed by atoms with Crippen molar-refractivity contribution in [3.05, 3.63) is 60.2 Å². The van der Waals surface area contributed by atoms with Crippen LogP contribution in [0, 0.1) is 11.6 Å². The summed E-state index contributed by atoms with van der Waals surface area (Å²) in [5.74, 6) is -0.394. The molecule has 1 aliphatic carbocycles. The first-order valence-electron chi connectivity index (χ1n) is 7.55. The van der Waals surface area contributed by atoms with Crippen LogP contribution in [0.5, 0.6) is 0 Å². The smallest absolute Gasteiger partial charge is 0.131 e. The van der Waals surface area contributed by atoms with Gasteiger partial charge in [-0.05, 0) is 38.6 Å². The summed E-state index contributed by atoms with van der Waals surface area (Å²) < 4.78 is 28.6. The van der Waals surface area contributed by atoms with Gasteiger partial charge in [-0.1, -0.05) is 55.7 Å². The van der Waals surface area contributed by atoms with Crippen molar-refractivity contribution in [2.75, 3.05) is 0 Å². The molecule has 2 aromatic rings. The average Bonchev–Trinajstić information content (AvgIpc) is 2.52. The maximum Gasteiger partial charge on any atom is 0.131 e. The normalized spacial score (nSPS) is 16.3. The molecule has 0 atom stereocenters. The molecule has 0 nitrogen and oxygen atoms in total. The summed E-state index contributed by atoms with van der Waals surface area (Å²) in [5.41, 5.74) is 0.391. The lowest BCUT2D eigenvalue weighted by molar-refractivity contribution is 0.512. The molecule has 0 radical (unpaired) electrons. The fraction of sp³-hybridized carbons (Fsp3) is 0.333. The first-order chi connectivity index (χ1) is 10.3. The van der Waals surface area contributed by atoms with E-state index >= 15 is 0 Å². The summed E-state index contributed by atoms with van der Waals surface area (Å²) in [5, 5.41) is 1.40. The van der Waals surface area contributed by atoms with Gasteiger partial charge in [0.25, 0.3) is 0 Å². The van der Waals surface area contributed by atoms with E-state index in [-0.39, 0.29) is 11.6 Å². The quantitative estimate of drug-likeness (QED) is 0.719. The first kappa shape index (κ1) is 14.7. The van der Waals surface area contributed by atoms with E-state index < -0.39 is 7.92 Å². The van der Waals surface area contributed by atoms with Crippen molar-refractivity contribution in [1.82, 2.24) is 0 Å².